The van der Waals surface area contributed by atoms with Crippen LogP contribution in [0.5, 0.6) is 5.75 Å². The Labute approximate surface area is 191 Å². The normalized spacial score (nSPS) is 17.7. The van der Waals surface area contributed by atoms with Crippen molar-refractivity contribution >= 4 is 33.3 Å². The van der Waals surface area contributed by atoms with Crippen molar-refractivity contribution in [1.29, 1.82) is 0 Å². The van der Waals surface area contributed by atoms with Gasteiger partial charge in [0.15, 0.2) is 0 Å². The molecule has 10 nitrogen and oxygen atoms in total. The molecule has 0 saturated heterocycles. The van der Waals surface area contributed by atoms with E-state index in [2.05, 4.69) is 20.3 Å². The first-order valence-corrected chi connectivity index (χ1v) is 11.9. The molecule has 0 radical (unpaired) electrons. The summed E-state index contributed by atoms with van der Waals surface area (Å²) < 4.78 is 33.5. The Kier molecular flexibility index (Phi) is 5.33. The predicted octanol–water partition coefficient (Wildman–Crippen LogP) is 1.43. The molecule has 2 aromatic rings. The number of pyridine rings is 1. The topological polar surface area (TPSA) is 117 Å². The van der Waals surface area contributed by atoms with Gasteiger partial charge in [0, 0.05) is 50.2 Å². The molecule has 170 valence electrons. The first-order valence-electron chi connectivity index (χ1n) is 10.5. The van der Waals surface area contributed by atoms with Gasteiger partial charge in [-0.3, -0.25) is 19.4 Å². The number of carbonyl (C=O) groups is 1. The lowest BCUT2D eigenvalue weighted by Gasteiger charge is -2.30. The molecule has 1 amide bonds. The molecule has 0 saturated carbocycles. The Hall–Kier alpha value is -3.73. The van der Waals surface area contributed by atoms with Crippen LogP contribution in [0.3, 0.4) is 0 Å². The first kappa shape index (κ1) is 21.1. The highest BCUT2D eigenvalue weighted by Crippen LogP contribution is 2.34. The fourth-order valence-corrected chi connectivity index (χ4v) is 5.20. The van der Waals surface area contributed by atoms with Crippen molar-refractivity contribution in [2.24, 2.45) is 9.98 Å². The van der Waals surface area contributed by atoms with E-state index in [4.69, 9.17) is 4.74 Å². The van der Waals surface area contributed by atoms with Gasteiger partial charge in [-0.15, -0.1) is 0 Å². The van der Waals surface area contributed by atoms with Crippen LogP contribution < -0.4 is 15.0 Å². The maximum absolute atomic E-state index is 13.3. The Bertz CT molecular complexity index is 1300. The molecular weight excluding hydrogens is 444 g/mol. The van der Waals surface area contributed by atoms with E-state index in [0.29, 0.717) is 35.6 Å². The SMILES string of the molecule is CN1CCOc2cc(S(=O)(=O)N3C=C4CN=C(NC(=O)c5cccnc5)N=C4CC3)ccc21. The van der Waals surface area contributed by atoms with Gasteiger partial charge in [0.05, 0.1) is 34.9 Å². The summed E-state index contributed by atoms with van der Waals surface area (Å²) in [6.07, 6.45) is 5.04. The number of hydrogen-bond donors (Lipinski definition) is 1. The summed E-state index contributed by atoms with van der Waals surface area (Å²) in [5.74, 6) is 0.426. The molecule has 4 heterocycles. The van der Waals surface area contributed by atoms with Crippen molar-refractivity contribution in [1.82, 2.24) is 14.6 Å². The lowest BCUT2D eigenvalue weighted by atomic mass is 10.1. The third kappa shape index (κ3) is 4.07. The van der Waals surface area contributed by atoms with Crippen LogP contribution in [0.2, 0.25) is 0 Å². The van der Waals surface area contributed by atoms with Gasteiger partial charge in [0.1, 0.15) is 12.4 Å². The zero-order chi connectivity index (χ0) is 23.0. The summed E-state index contributed by atoms with van der Waals surface area (Å²) in [4.78, 5) is 27.2. The van der Waals surface area contributed by atoms with Crippen LogP contribution in [-0.2, 0) is 10.0 Å². The number of nitrogens with zero attached hydrogens (tertiary/aromatic N) is 5. The molecule has 1 aromatic heterocycles. The molecule has 33 heavy (non-hydrogen) atoms. The van der Waals surface area contributed by atoms with Crippen molar-refractivity contribution in [3.8, 4) is 5.75 Å². The number of fused-ring (bicyclic) bond motifs is 2. The van der Waals surface area contributed by atoms with Gasteiger partial charge in [-0.05, 0) is 24.3 Å². The van der Waals surface area contributed by atoms with E-state index in [1.54, 1.807) is 42.7 Å². The first-order chi connectivity index (χ1) is 15.9. The summed E-state index contributed by atoms with van der Waals surface area (Å²) in [7, 11) is -1.81. The number of anilines is 1. The number of aromatic nitrogens is 1. The largest absolute Gasteiger partial charge is 0.490 e. The van der Waals surface area contributed by atoms with Gasteiger partial charge in [-0.2, -0.15) is 0 Å². The van der Waals surface area contributed by atoms with E-state index in [9.17, 15) is 13.2 Å². The number of hydrogen-bond acceptors (Lipinski definition) is 8. The van der Waals surface area contributed by atoms with Crippen LogP contribution in [0.4, 0.5) is 5.69 Å². The van der Waals surface area contributed by atoms with Crippen LogP contribution in [0.1, 0.15) is 16.8 Å². The predicted molar refractivity (Wildman–Crippen MR) is 123 cm³/mol. The van der Waals surface area contributed by atoms with Gasteiger partial charge >= 0.3 is 0 Å². The van der Waals surface area contributed by atoms with Gasteiger partial charge in [0.2, 0.25) is 5.96 Å². The van der Waals surface area contributed by atoms with Gasteiger partial charge < -0.3 is 9.64 Å². The number of sulfonamides is 1. The molecule has 0 aliphatic carbocycles. The molecular formula is C22H22N6O4S. The van der Waals surface area contributed by atoms with Crippen molar-refractivity contribution in [2.75, 3.05) is 38.2 Å². The van der Waals surface area contributed by atoms with Crippen molar-refractivity contribution in [3.63, 3.8) is 0 Å². The highest BCUT2D eigenvalue weighted by atomic mass is 32.2. The molecule has 0 fully saturated rings. The van der Waals surface area contributed by atoms with E-state index < -0.39 is 10.0 Å². The Morgan fingerprint density at radius 3 is 2.91 bits per heavy atom. The molecule has 0 bridgehead atoms. The van der Waals surface area contributed by atoms with Crippen molar-refractivity contribution < 1.29 is 17.9 Å². The molecule has 0 spiro atoms. The van der Waals surface area contributed by atoms with E-state index >= 15 is 0 Å². The number of ether oxygens (including phenoxy) is 1. The smallest absolute Gasteiger partial charge is 0.263 e. The van der Waals surface area contributed by atoms with E-state index in [1.807, 2.05) is 11.9 Å². The lowest BCUT2D eigenvalue weighted by molar-refractivity contribution is 0.0976. The van der Waals surface area contributed by atoms with E-state index in [0.717, 1.165) is 12.2 Å². The molecule has 0 unspecified atom stereocenters. The fourth-order valence-electron chi connectivity index (χ4n) is 3.83. The molecule has 11 heteroatoms. The maximum Gasteiger partial charge on any atom is 0.263 e. The summed E-state index contributed by atoms with van der Waals surface area (Å²) in [6, 6.07) is 8.28. The van der Waals surface area contributed by atoms with Gasteiger partial charge in [-0.1, -0.05) is 0 Å². The Morgan fingerprint density at radius 2 is 2.09 bits per heavy atom. The van der Waals surface area contributed by atoms with E-state index in [1.165, 1.54) is 10.5 Å². The average Bonchev–Trinajstić information content (AvgIpc) is 2.84. The zero-order valence-corrected chi connectivity index (χ0v) is 18.7. The third-order valence-corrected chi connectivity index (χ3v) is 7.42. The van der Waals surface area contributed by atoms with Crippen LogP contribution in [0.15, 0.2) is 69.4 Å². The van der Waals surface area contributed by atoms with Gasteiger partial charge in [-0.25, -0.2) is 18.4 Å². The number of aliphatic imine (C=N–C) groups is 2. The molecule has 3 aliphatic heterocycles. The average molecular weight is 467 g/mol. The van der Waals surface area contributed by atoms with Crippen LogP contribution in [0.25, 0.3) is 0 Å². The minimum absolute atomic E-state index is 0.178. The fraction of sp³-hybridized carbons (Fsp3) is 0.273. The summed E-state index contributed by atoms with van der Waals surface area (Å²) >= 11 is 0. The van der Waals surface area contributed by atoms with Crippen molar-refractivity contribution in [3.05, 3.63) is 60.1 Å². The zero-order valence-electron chi connectivity index (χ0n) is 17.9. The lowest BCUT2D eigenvalue weighted by Crippen LogP contribution is -2.38. The minimum Gasteiger partial charge on any atom is -0.490 e. The monoisotopic (exact) mass is 466 g/mol. The summed E-state index contributed by atoms with van der Waals surface area (Å²) in [5, 5.41) is 2.67. The second-order valence-corrected chi connectivity index (χ2v) is 9.70. The number of likely N-dealkylation sites (N-methyl/N-ethyl adjacent to an activating group) is 1. The Morgan fingerprint density at radius 1 is 1.21 bits per heavy atom. The minimum atomic E-state index is -3.75. The number of amides is 1. The van der Waals surface area contributed by atoms with Crippen molar-refractivity contribution in [2.45, 2.75) is 11.3 Å². The highest BCUT2D eigenvalue weighted by Gasteiger charge is 2.30. The third-order valence-electron chi connectivity index (χ3n) is 5.66. The number of nitrogens with one attached hydrogen (secondary N) is 1. The number of carbonyl (C=O) groups excluding carboxylic acids is 1. The molecule has 5 rings (SSSR count). The van der Waals surface area contributed by atoms with Gasteiger partial charge in [0.25, 0.3) is 15.9 Å². The second-order valence-electron chi connectivity index (χ2n) is 7.81. The number of rotatable bonds is 3. The summed E-state index contributed by atoms with van der Waals surface area (Å²) in [5.41, 5.74) is 2.70. The quantitative estimate of drug-likeness (QED) is 0.732. The Balaban J connectivity index is 1.33. The maximum atomic E-state index is 13.3. The second kappa shape index (κ2) is 8.32. The highest BCUT2D eigenvalue weighted by molar-refractivity contribution is 7.89. The molecule has 3 aliphatic rings. The number of guanidine groups is 1. The van der Waals surface area contributed by atoms with Crippen LogP contribution >= 0.6 is 0 Å². The molecule has 1 N–H and O–H groups in total. The van der Waals surface area contributed by atoms with E-state index in [-0.39, 0.29) is 29.9 Å². The van der Waals surface area contributed by atoms with Crippen LogP contribution in [0, 0.1) is 0 Å². The standard InChI is InChI=1S/C22H22N6O4S/c1-27-9-10-32-20-11-17(4-5-19(20)27)33(30,31)28-8-6-18-16(14-28)13-24-22(25-18)26-21(29)15-3-2-7-23-12-15/h2-5,7,11-12,14H,6,8-10,13H2,1H3,(H,24,26,29). The molecule has 0 atom stereocenters. The summed E-state index contributed by atoms with van der Waals surface area (Å²) in [6.45, 7) is 1.74. The van der Waals surface area contributed by atoms with Crippen LogP contribution in [-0.4, -0.2) is 68.6 Å². The molecule has 1 aromatic carbocycles. The number of benzene rings is 1.